The topological polar surface area (TPSA) is 108 Å². The van der Waals surface area contributed by atoms with Crippen molar-refractivity contribution in [2.45, 2.75) is 68.8 Å². The fourth-order valence-corrected chi connectivity index (χ4v) is 6.33. The lowest BCUT2D eigenvalue weighted by Crippen LogP contribution is -2.50. The van der Waals surface area contributed by atoms with Crippen molar-refractivity contribution in [2.75, 3.05) is 25.0 Å². The molecular weight excluding hydrogens is 476 g/mol. The Morgan fingerprint density at radius 3 is 2.72 bits per heavy atom. The number of fused-ring (bicyclic) bond motifs is 1. The van der Waals surface area contributed by atoms with Crippen LogP contribution in [0.3, 0.4) is 0 Å². The lowest BCUT2D eigenvalue weighted by molar-refractivity contribution is -0.122. The normalized spacial score (nSPS) is 19.2. The highest BCUT2D eigenvalue weighted by atomic mass is 32.2. The second kappa shape index (κ2) is 12.0. The number of likely N-dealkylation sites (tertiary alicyclic amines) is 1. The smallest absolute Gasteiger partial charge is 0.241 e. The van der Waals surface area contributed by atoms with Crippen LogP contribution < -0.4 is 15.4 Å². The molecule has 4 rings (SSSR count). The fraction of sp³-hybridized carbons (Fsp3) is 0.481. The Kier molecular flexibility index (Phi) is 8.77. The van der Waals surface area contributed by atoms with Crippen molar-refractivity contribution in [1.82, 2.24) is 14.9 Å². The van der Waals surface area contributed by atoms with Crippen molar-refractivity contribution in [3.8, 4) is 0 Å². The zero-order chi connectivity index (χ0) is 25.5. The molecule has 8 nitrogen and oxygen atoms in total. The van der Waals surface area contributed by atoms with Gasteiger partial charge >= 0.3 is 0 Å². The van der Waals surface area contributed by atoms with Crippen LogP contribution in [0.2, 0.25) is 0 Å². The van der Waals surface area contributed by atoms with E-state index in [1.807, 2.05) is 30.3 Å². The van der Waals surface area contributed by atoms with Gasteiger partial charge in [0.1, 0.15) is 6.04 Å². The van der Waals surface area contributed by atoms with Crippen LogP contribution in [-0.2, 0) is 32.5 Å². The molecule has 2 amide bonds. The zero-order valence-electron chi connectivity index (χ0n) is 20.8. The average molecular weight is 513 g/mol. The van der Waals surface area contributed by atoms with Gasteiger partial charge in [-0.25, -0.2) is 8.42 Å². The minimum absolute atomic E-state index is 0.0781. The largest absolute Gasteiger partial charge is 0.353 e. The molecule has 0 aliphatic carbocycles. The molecular formula is C27H36N4O4S. The Bertz CT molecular complexity index is 1170. The van der Waals surface area contributed by atoms with Crippen LogP contribution in [0.25, 0.3) is 0 Å². The number of anilines is 1. The second-order valence-electron chi connectivity index (χ2n) is 9.62. The van der Waals surface area contributed by atoms with Crippen LogP contribution in [0, 0.1) is 0 Å². The summed E-state index contributed by atoms with van der Waals surface area (Å²) < 4.78 is 29.2. The molecule has 1 saturated heterocycles. The summed E-state index contributed by atoms with van der Waals surface area (Å²) in [6.07, 6.45) is 5.74. The van der Waals surface area contributed by atoms with Crippen LogP contribution in [0.1, 0.15) is 50.2 Å². The van der Waals surface area contributed by atoms with Gasteiger partial charge in [-0.05, 0) is 68.0 Å². The van der Waals surface area contributed by atoms with E-state index in [4.69, 9.17) is 0 Å². The molecule has 36 heavy (non-hydrogen) atoms. The predicted molar refractivity (Wildman–Crippen MR) is 140 cm³/mol. The van der Waals surface area contributed by atoms with E-state index in [0.717, 1.165) is 30.6 Å². The summed E-state index contributed by atoms with van der Waals surface area (Å²) in [7, 11) is -3.96. The Balaban J connectivity index is 1.46. The maximum Gasteiger partial charge on any atom is 0.241 e. The van der Waals surface area contributed by atoms with Gasteiger partial charge in [-0.3, -0.25) is 14.5 Å². The van der Waals surface area contributed by atoms with E-state index in [0.29, 0.717) is 31.1 Å². The van der Waals surface area contributed by atoms with Crippen molar-refractivity contribution in [2.24, 2.45) is 0 Å². The molecule has 9 heteroatoms. The van der Waals surface area contributed by atoms with Gasteiger partial charge in [-0.15, -0.1) is 0 Å². The summed E-state index contributed by atoms with van der Waals surface area (Å²) >= 11 is 0. The number of hydrogen-bond acceptors (Lipinski definition) is 5. The van der Waals surface area contributed by atoms with E-state index >= 15 is 0 Å². The van der Waals surface area contributed by atoms with Gasteiger partial charge in [0.15, 0.2) is 0 Å². The number of piperidine rings is 1. The third-order valence-corrected chi connectivity index (χ3v) is 8.57. The molecule has 0 aromatic heterocycles. The summed E-state index contributed by atoms with van der Waals surface area (Å²) in [6, 6.07) is 13.6. The molecule has 2 aliphatic heterocycles. The van der Waals surface area contributed by atoms with Crippen LogP contribution in [0.15, 0.2) is 53.4 Å². The monoisotopic (exact) mass is 512 g/mol. The van der Waals surface area contributed by atoms with Gasteiger partial charge in [0.25, 0.3) is 0 Å². The van der Waals surface area contributed by atoms with Gasteiger partial charge in [0.05, 0.1) is 4.90 Å². The molecule has 0 radical (unpaired) electrons. The number of aryl methyl sites for hydroxylation is 1. The Morgan fingerprint density at radius 2 is 1.94 bits per heavy atom. The van der Waals surface area contributed by atoms with Crippen molar-refractivity contribution in [3.05, 3.63) is 59.7 Å². The minimum Gasteiger partial charge on any atom is -0.353 e. The first-order valence-corrected chi connectivity index (χ1v) is 14.3. The molecule has 0 spiro atoms. The number of nitrogens with one attached hydrogen (secondary N) is 3. The quantitative estimate of drug-likeness (QED) is 0.454. The van der Waals surface area contributed by atoms with E-state index in [9.17, 15) is 18.0 Å². The van der Waals surface area contributed by atoms with E-state index < -0.39 is 16.1 Å². The molecule has 3 N–H and O–H groups in total. The van der Waals surface area contributed by atoms with E-state index in [1.165, 1.54) is 25.3 Å². The summed E-state index contributed by atoms with van der Waals surface area (Å²) in [6.45, 7) is 4.46. The molecule has 0 saturated carbocycles. The molecule has 2 atom stereocenters. The molecule has 0 bridgehead atoms. The Hall–Kier alpha value is -2.75. The Morgan fingerprint density at radius 1 is 1.14 bits per heavy atom. The number of amides is 2. The minimum atomic E-state index is -3.96. The lowest BCUT2D eigenvalue weighted by Gasteiger charge is -2.35. The van der Waals surface area contributed by atoms with Gasteiger partial charge in [-0.1, -0.05) is 43.7 Å². The van der Waals surface area contributed by atoms with Gasteiger partial charge in [0.2, 0.25) is 21.8 Å². The SMILES string of the molecule is CC[C@@H]1CCCCN1CCNC(=O)[C@H](Cc1ccccc1)NS(=O)(=O)c1ccc2c(c1)CCC(=O)N2. The summed E-state index contributed by atoms with van der Waals surface area (Å²) in [5, 5.41) is 5.73. The highest BCUT2D eigenvalue weighted by molar-refractivity contribution is 7.89. The van der Waals surface area contributed by atoms with E-state index in [1.54, 1.807) is 12.1 Å². The molecule has 0 unspecified atom stereocenters. The number of hydrogen-bond donors (Lipinski definition) is 3. The average Bonchev–Trinajstić information content (AvgIpc) is 2.88. The van der Waals surface area contributed by atoms with Crippen LogP contribution >= 0.6 is 0 Å². The molecule has 2 aliphatic rings. The number of nitrogens with zero attached hydrogens (tertiary/aromatic N) is 1. The number of rotatable bonds is 10. The standard InChI is InChI=1S/C27H36N4O4S/c1-2-22-10-6-7-16-31(22)17-15-28-27(33)25(18-20-8-4-3-5-9-20)30-36(34,35)23-12-13-24-21(19-23)11-14-26(32)29-24/h3-5,8-9,12-13,19,22,25,30H,2,6-7,10-11,14-18H2,1H3,(H,28,33)(H,29,32)/t22-,25+/m1/s1. The zero-order valence-corrected chi connectivity index (χ0v) is 21.6. The van der Waals surface area contributed by atoms with Crippen LogP contribution in [0.4, 0.5) is 5.69 Å². The number of benzene rings is 2. The van der Waals surface area contributed by atoms with E-state index in [-0.39, 0.29) is 23.1 Å². The summed E-state index contributed by atoms with van der Waals surface area (Å²) in [4.78, 5) is 27.4. The van der Waals surface area contributed by atoms with Gasteiger partial charge in [0, 0.05) is 31.2 Å². The fourth-order valence-electron chi connectivity index (χ4n) is 5.08. The van der Waals surface area contributed by atoms with Crippen molar-refractivity contribution < 1.29 is 18.0 Å². The summed E-state index contributed by atoms with van der Waals surface area (Å²) in [5.41, 5.74) is 2.27. The molecule has 2 aromatic rings. The molecule has 194 valence electrons. The highest BCUT2D eigenvalue weighted by Crippen LogP contribution is 2.25. The molecule has 2 heterocycles. The van der Waals surface area contributed by atoms with Crippen molar-refractivity contribution in [3.63, 3.8) is 0 Å². The Labute approximate surface area is 213 Å². The number of carbonyl (C=O) groups excluding carboxylic acids is 2. The maximum absolute atomic E-state index is 13.3. The van der Waals surface area contributed by atoms with Gasteiger partial charge in [-0.2, -0.15) is 4.72 Å². The summed E-state index contributed by atoms with van der Waals surface area (Å²) in [5.74, 6) is -0.414. The number of sulfonamides is 1. The van der Waals surface area contributed by atoms with E-state index in [2.05, 4.69) is 27.2 Å². The van der Waals surface area contributed by atoms with Crippen molar-refractivity contribution >= 4 is 27.5 Å². The molecule has 2 aromatic carbocycles. The van der Waals surface area contributed by atoms with Crippen LogP contribution in [-0.4, -0.2) is 56.9 Å². The molecule has 1 fully saturated rings. The van der Waals surface area contributed by atoms with Crippen LogP contribution in [0.5, 0.6) is 0 Å². The first-order valence-electron chi connectivity index (χ1n) is 12.9. The second-order valence-corrected chi connectivity index (χ2v) is 11.3. The third kappa shape index (κ3) is 6.72. The van der Waals surface area contributed by atoms with Gasteiger partial charge < -0.3 is 10.6 Å². The number of carbonyl (C=O) groups is 2. The first-order chi connectivity index (χ1) is 17.4. The predicted octanol–water partition coefficient (Wildman–Crippen LogP) is 2.84. The lowest BCUT2D eigenvalue weighted by atomic mass is 10.0. The maximum atomic E-state index is 13.3. The van der Waals surface area contributed by atoms with Crippen molar-refractivity contribution in [1.29, 1.82) is 0 Å². The first kappa shape index (κ1) is 26.3. The third-order valence-electron chi connectivity index (χ3n) is 7.10. The highest BCUT2D eigenvalue weighted by Gasteiger charge is 2.28.